The lowest BCUT2D eigenvalue weighted by Gasteiger charge is -2.18. The van der Waals surface area contributed by atoms with Gasteiger partial charge in [0.05, 0.1) is 16.7 Å². The molecule has 0 aliphatic rings. The van der Waals surface area contributed by atoms with Crippen LogP contribution in [0.2, 0.25) is 0 Å². The number of benzene rings is 1. The van der Waals surface area contributed by atoms with E-state index in [1.165, 1.54) is 6.07 Å². The Morgan fingerprint density at radius 2 is 2.10 bits per heavy atom. The van der Waals surface area contributed by atoms with Gasteiger partial charge in [0.2, 0.25) is 0 Å². The third-order valence-electron chi connectivity index (χ3n) is 3.24. The van der Waals surface area contributed by atoms with Crippen LogP contribution in [0.5, 0.6) is 0 Å². The Bertz CT molecular complexity index is 656. The molecule has 1 N–H and O–H groups in total. The molecule has 0 aliphatic heterocycles. The summed E-state index contributed by atoms with van der Waals surface area (Å²) in [5.41, 5.74) is 2.82. The van der Waals surface area contributed by atoms with Crippen molar-refractivity contribution in [1.82, 2.24) is 9.78 Å². The average Bonchev–Trinajstić information content (AvgIpc) is 2.86. The monoisotopic (exact) mass is 288 g/mol. The highest BCUT2D eigenvalue weighted by Crippen LogP contribution is 2.22. The van der Waals surface area contributed by atoms with Crippen molar-refractivity contribution >= 4 is 11.4 Å². The Kier molecular flexibility index (Phi) is 3.97. The van der Waals surface area contributed by atoms with Gasteiger partial charge in [-0.05, 0) is 33.3 Å². The second kappa shape index (κ2) is 5.55. The van der Waals surface area contributed by atoms with Crippen LogP contribution < -0.4 is 5.32 Å². The van der Waals surface area contributed by atoms with Crippen molar-refractivity contribution in [3.63, 3.8) is 0 Å². The summed E-state index contributed by atoms with van der Waals surface area (Å²) < 4.78 is 1.91. The smallest absolute Gasteiger partial charge is 0.271 e. The van der Waals surface area contributed by atoms with Crippen molar-refractivity contribution in [2.24, 2.45) is 0 Å². The van der Waals surface area contributed by atoms with Gasteiger partial charge in [0.1, 0.15) is 0 Å². The van der Waals surface area contributed by atoms with Crippen LogP contribution in [0.15, 0.2) is 30.6 Å². The Morgan fingerprint density at radius 3 is 2.67 bits per heavy atom. The second-order valence-electron chi connectivity index (χ2n) is 6.07. The van der Waals surface area contributed by atoms with Crippen LogP contribution in [0.25, 0.3) is 0 Å². The number of aromatic nitrogens is 2. The van der Waals surface area contributed by atoms with Gasteiger partial charge in [0.25, 0.3) is 5.69 Å². The molecule has 1 aromatic carbocycles. The number of nitrogens with zero attached hydrogens (tertiary/aromatic N) is 3. The van der Waals surface area contributed by atoms with Gasteiger partial charge in [0, 0.05) is 36.1 Å². The first-order chi connectivity index (χ1) is 9.77. The maximum Gasteiger partial charge on any atom is 0.271 e. The first-order valence-corrected chi connectivity index (χ1v) is 6.80. The van der Waals surface area contributed by atoms with E-state index in [2.05, 4.69) is 31.2 Å². The first-order valence-electron chi connectivity index (χ1n) is 6.80. The fraction of sp³-hybridized carbons (Fsp3) is 0.400. The van der Waals surface area contributed by atoms with Crippen molar-refractivity contribution in [2.75, 3.05) is 5.32 Å². The summed E-state index contributed by atoms with van der Waals surface area (Å²) in [5, 5.41) is 18.4. The number of anilines is 1. The number of rotatable bonds is 4. The molecular formula is C15H20N4O2. The number of aryl methyl sites for hydroxylation is 1. The lowest BCUT2D eigenvalue weighted by atomic mass is 10.1. The molecule has 112 valence electrons. The molecule has 0 amide bonds. The van der Waals surface area contributed by atoms with Crippen LogP contribution in [0.3, 0.4) is 0 Å². The van der Waals surface area contributed by atoms with Crippen molar-refractivity contribution in [3.05, 3.63) is 51.8 Å². The summed E-state index contributed by atoms with van der Waals surface area (Å²) >= 11 is 0. The van der Waals surface area contributed by atoms with E-state index in [0.29, 0.717) is 6.54 Å². The van der Waals surface area contributed by atoms with Crippen molar-refractivity contribution < 1.29 is 4.92 Å². The van der Waals surface area contributed by atoms with Crippen molar-refractivity contribution in [1.29, 1.82) is 0 Å². The normalized spacial score (nSPS) is 11.4. The largest absolute Gasteiger partial charge is 0.380 e. The quantitative estimate of drug-likeness (QED) is 0.690. The van der Waals surface area contributed by atoms with E-state index in [-0.39, 0.29) is 16.1 Å². The van der Waals surface area contributed by atoms with E-state index in [1.54, 1.807) is 12.1 Å². The van der Waals surface area contributed by atoms with Crippen LogP contribution in [0, 0.1) is 17.0 Å². The summed E-state index contributed by atoms with van der Waals surface area (Å²) in [7, 11) is 0. The predicted octanol–water partition coefficient (Wildman–Crippen LogP) is 3.47. The molecule has 2 aromatic rings. The number of hydrogen-bond acceptors (Lipinski definition) is 4. The zero-order chi connectivity index (χ0) is 15.6. The van der Waals surface area contributed by atoms with Crippen LogP contribution in [-0.4, -0.2) is 14.7 Å². The maximum absolute atomic E-state index is 10.8. The average molecular weight is 288 g/mol. The van der Waals surface area contributed by atoms with E-state index in [9.17, 15) is 10.1 Å². The van der Waals surface area contributed by atoms with Crippen LogP contribution in [0.4, 0.5) is 11.4 Å². The molecule has 0 saturated carbocycles. The first kappa shape index (κ1) is 15.0. The van der Waals surface area contributed by atoms with Crippen LogP contribution in [-0.2, 0) is 12.1 Å². The molecule has 1 heterocycles. The summed E-state index contributed by atoms with van der Waals surface area (Å²) in [6.45, 7) is 8.76. The van der Waals surface area contributed by atoms with Crippen LogP contribution in [0.1, 0.15) is 31.9 Å². The fourth-order valence-electron chi connectivity index (χ4n) is 1.93. The standard InChI is InChI=1S/C15H20N4O2/c1-11-5-6-13(19(20)21)7-14(11)16-8-12-9-17-18(10-12)15(2,3)4/h5-7,9-10,16H,8H2,1-4H3. The molecule has 0 atom stereocenters. The zero-order valence-corrected chi connectivity index (χ0v) is 12.8. The highest BCUT2D eigenvalue weighted by molar-refractivity contribution is 5.56. The van der Waals surface area contributed by atoms with Gasteiger partial charge in [0.15, 0.2) is 0 Å². The molecule has 0 unspecified atom stereocenters. The fourth-order valence-corrected chi connectivity index (χ4v) is 1.93. The van der Waals surface area contributed by atoms with Crippen molar-refractivity contribution in [3.8, 4) is 0 Å². The van der Waals surface area contributed by atoms with E-state index in [4.69, 9.17) is 0 Å². The zero-order valence-electron chi connectivity index (χ0n) is 12.8. The Balaban J connectivity index is 2.11. The molecule has 2 rings (SSSR count). The third kappa shape index (κ3) is 3.59. The minimum atomic E-state index is -0.387. The van der Waals surface area contributed by atoms with Gasteiger partial charge >= 0.3 is 0 Å². The minimum absolute atomic E-state index is 0.0559. The second-order valence-corrected chi connectivity index (χ2v) is 6.07. The summed E-state index contributed by atoms with van der Waals surface area (Å²) in [6, 6.07) is 4.82. The Hall–Kier alpha value is -2.37. The topological polar surface area (TPSA) is 73.0 Å². The van der Waals surface area contributed by atoms with Gasteiger partial charge in [-0.3, -0.25) is 14.8 Å². The Labute approximate surface area is 123 Å². The molecule has 0 fully saturated rings. The highest BCUT2D eigenvalue weighted by Gasteiger charge is 2.14. The highest BCUT2D eigenvalue weighted by atomic mass is 16.6. The molecule has 6 nitrogen and oxygen atoms in total. The predicted molar refractivity (Wildman–Crippen MR) is 82.4 cm³/mol. The molecule has 0 bridgehead atoms. The van der Waals surface area contributed by atoms with Gasteiger partial charge in [-0.25, -0.2) is 0 Å². The lowest BCUT2D eigenvalue weighted by molar-refractivity contribution is -0.384. The van der Waals surface area contributed by atoms with Crippen molar-refractivity contribution in [2.45, 2.75) is 39.8 Å². The van der Waals surface area contributed by atoms with Gasteiger partial charge in [-0.2, -0.15) is 5.10 Å². The molecule has 0 radical (unpaired) electrons. The molecule has 0 spiro atoms. The third-order valence-corrected chi connectivity index (χ3v) is 3.24. The number of nitro benzene ring substituents is 1. The number of non-ortho nitro benzene ring substituents is 1. The molecule has 21 heavy (non-hydrogen) atoms. The minimum Gasteiger partial charge on any atom is -0.380 e. The van der Waals surface area contributed by atoms with Gasteiger partial charge in [-0.15, -0.1) is 0 Å². The van der Waals surface area contributed by atoms with E-state index >= 15 is 0 Å². The molecule has 1 aromatic heterocycles. The summed E-state index contributed by atoms with van der Waals surface area (Å²) in [6.07, 6.45) is 3.80. The van der Waals surface area contributed by atoms with Gasteiger partial charge < -0.3 is 5.32 Å². The van der Waals surface area contributed by atoms with E-state index < -0.39 is 0 Å². The molecule has 6 heteroatoms. The number of nitro groups is 1. The van der Waals surface area contributed by atoms with Crippen LogP contribution >= 0.6 is 0 Å². The maximum atomic E-state index is 10.8. The SMILES string of the molecule is Cc1ccc([N+](=O)[O-])cc1NCc1cnn(C(C)(C)C)c1. The molecular weight excluding hydrogens is 268 g/mol. The number of hydrogen-bond donors (Lipinski definition) is 1. The lowest BCUT2D eigenvalue weighted by Crippen LogP contribution is -2.21. The van der Waals surface area contributed by atoms with E-state index in [0.717, 1.165) is 16.8 Å². The van der Waals surface area contributed by atoms with Gasteiger partial charge in [-0.1, -0.05) is 6.07 Å². The summed E-state index contributed by atoms with van der Waals surface area (Å²) in [4.78, 5) is 10.4. The van der Waals surface area contributed by atoms with E-state index in [1.807, 2.05) is 24.0 Å². The Morgan fingerprint density at radius 1 is 1.38 bits per heavy atom. The molecule has 0 aliphatic carbocycles. The molecule has 0 saturated heterocycles. The number of nitrogens with one attached hydrogen (secondary N) is 1. The summed E-state index contributed by atoms with van der Waals surface area (Å²) in [5.74, 6) is 0.